The van der Waals surface area contributed by atoms with Crippen LogP contribution in [0.2, 0.25) is 5.02 Å². The van der Waals surface area contributed by atoms with Crippen LogP contribution in [-0.4, -0.2) is 13.2 Å². The molecule has 2 rings (SSSR count). The third-order valence-electron chi connectivity index (χ3n) is 4.00. The third kappa shape index (κ3) is 1.94. The topological polar surface area (TPSA) is 35.2 Å². The summed E-state index contributed by atoms with van der Waals surface area (Å²) in [5.74, 6) is 1.51. The van der Waals surface area contributed by atoms with Gasteiger partial charge in [-0.05, 0) is 56.2 Å². The first-order valence-corrected chi connectivity index (χ1v) is 6.43. The molecule has 0 unspecified atom stereocenters. The van der Waals surface area contributed by atoms with Crippen molar-refractivity contribution in [3.63, 3.8) is 0 Å². The summed E-state index contributed by atoms with van der Waals surface area (Å²) in [4.78, 5) is 0. The van der Waals surface area contributed by atoms with E-state index in [-0.39, 0.29) is 0 Å². The molecule has 0 spiro atoms. The van der Waals surface area contributed by atoms with Gasteiger partial charge in [-0.3, -0.25) is 0 Å². The highest BCUT2D eigenvalue weighted by atomic mass is 35.5. The fourth-order valence-corrected chi connectivity index (χ4v) is 3.00. The van der Waals surface area contributed by atoms with Gasteiger partial charge in [-0.2, -0.15) is 0 Å². The van der Waals surface area contributed by atoms with Crippen LogP contribution in [0.25, 0.3) is 0 Å². The van der Waals surface area contributed by atoms with Gasteiger partial charge in [0.15, 0.2) is 0 Å². The maximum atomic E-state index is 6.39. The summed E-state index contributed by atoms with van der Waals surface area (Å²) in [5, 5.41) is 0.874. The number of benzene rings is 1. The van der Waals surface area contributed by atoms with Gasteiger partial charge in [0.25, 0.3) is 0 Å². The van der Waals surface area contributed by atoms with Crippen LogP contribution in [0.3, 0.4) is 0 Å². The molecule has 2 N–H and O–H groups in total. The van der Waals surface area contributed by atoms with Crippen molar-refractivity contribution < 1.29 is 4.74 Å². The van der Waals surface area contributed by atoms with E-state index in [2.05, 4.69) is 13.8 Å². The highest BCUT2D eigenvalue weighted by Crippen LogP contribution is 2.46. The van der Waals surface area contributed by atoms with Gasteiger partial charge in [-0.25, -0.2) is 0 Å². The summed E-state index contributed by atoms with van der Waals surface area (Å²) in [6, 6.07) is 0.337. The Hall–Kier alpha value is -0.730. The predicted molar refractivity (Wildman–Crippen MR) is 72.2 cm³/mol. The van der Waals surface area contributed by atoms with Gasteiger partial charge in [-0.1, -0.05) is 11.6 Å². The molecule has 0 saturated heterocycles. The summed E-state index contributed by atoms with van der Waals surface area (Å²) in [6.45, 7) is 6.20. The van der Waals surface area contributed by atoms with Gasteiger partial charge >= 0.3 is 0 Å². The number of hydrogen-bond acceptors (Lipinski definition) is 2. The summed E-state index contributed by atoms with van der Waals surface area (Å²) in [6.07, 6.45) is 2.08. The van der Waals surface area contributed by atoms with Crippen LogP contribution in [0, 0.1) is 20.8 Å². The predicted octanol–water partition coefficient (Wildman–Crippen LogP) is 3.48. The first-order valence-electron chi connectivity index (χ1n) is 6.06. The Morgan fingerprint density at radius 1 is 1.12 bits per heavy atom. The second-order valence-electron chi connectivity index (χ2n) is 5.06. The zero-order chi connectivity index (χ0) is 12.7. The summed E-state index contributed by atoms with van der Waals surface area (Å²) < 4.78 is 5.59. The van der Waals surface area contributed by atoms with Gasteiger partial charge in [0, 0.05) is 16.6 Å². The van der Waals surface area contributed by atoms with E-state index in [1.165, 1.54) is 5.56 Å². The minimum Gasteiger partial charge on any atom is -0.496 e. The van der Waals surface area contributed by atoms with E-state index in [1.54, 1.807) is 7.11 Å². The van der Waals surface area contributed by atoms with E-state index in [9.17, 15) is 0 Å². The molecule has 0 bridgehead atoms. The lowest BCUT2D eigenvalue weighted by Gasteiger charge is -2.35. The molecule has 0 heterocycles. The number of halogens is 1. The van der Waals surface area contributed by atoms with Gasteiger partial charge < -0.3 is 10.5 Å². The Morgan fingerprint density at radius 3 is 2.18 bits per heavy atom. The molecule has 0 atom stereocenters. The minimum absolute atomic E-state index is 0.337. The first kappa shape index (κ1) is 12.7. The fraction of sp³-hybridized carbons (Fsp3) is 0.571. The molecular formula is C14H20ClNO. The fourth-order valence-electron chi connectivity index (χ4n) is 2.76. The second-order valence-corrected chi connectivity index (χ2v) is 5.44. The van der Waals surface area contributed by atoms with Crippen molar-refractivity contribution in [1.29, 1.82) is 0 Å². The average molecular weight is 254 g/mol. The van der Waals surface area contributed by atoms with E-state index in [1.807, 2.05) is 6.92 Å². The molecule has 1 aliphatic rings. The standard InChI is InChI=1S/C14H20ClNO/c1-7-8(2)14(17-4)12(9(3)13(7)15)10-5-11(16)6-10/h10-11H,5-6,16H2,1-4H3. The lowest BCUT2D eigenvalue weighted by Crippen LogP contribution is -2.35. The smallest absolute Gasteiger partial charge is 0.125 e. The highest BCUT2D eigenvalue weighted by molar-refractivity contribution is 6.32. The van der Waals surface area contributed by atoms with Gasteiger partial charge in [-0.15, -0.1) is 0 Å². The largest absolute Gasteiger partial charge is 0.496 e. The van der Waals surface area contributed by atoms with Crippen molar-refractivity contribution in [2.75, 3.05) is 7.11 Å². The molecule has 1 aromatic carbocycles. The molecule has 3 heteroatoms. The molecule has 1 aromatic rings. The Labute approximate surface area is 108 Å². The zero-order valence-electron chi connectivity index (χ0n) is 10.9. The lowest BCUT2D eigenvalue weighted by molar-refractivity contribution is 0.331. The zero-order valence-corrected chi connectivity index (χ0v) is 11.7. The normalized spacial score (nSPS) is 23.4. The van der Waals surface area contributed by atoms with Gasteiger partial charge in [0.2, 0.25) is 0 Å². The van der Waals surface area contributed by atoms with Crippen molar-refractivity contribution in [3.8, 4) is 5.75 Å². The van der Waals surface area contributed by atoms with Crippen molar-refractivity contribution in [2.24, 2.45) is 5.73 Å². The van der Waals surface area contributed by atoms with Crippen LogP contribution in [0.5, 0.6) is 5.75 Å². The third-order valence-corrected chi connectivity index (χ3v) is 4.56. The van der Waals surface area contributed by atoms with Crippen molar-refractivity contribution >= 4 is 11.6 Å². The number of methoxy groups -OCH3 is 1. The van der Waals surface area contributed by atoms with Crippen LogP contribution < -0.4 is 10.5 Å². The van der Waals surface area contributed by atoms with E-state index < -0.39 is 0 Å². The SMILES string of the molecule is COc1c(C)c(C)c(Cl)c(C)c1C1CC(N)C1. The summed E-state index contributed by atoms with van der Waals surface area (Å²) in [5.41, 5.74) is 10.6. The maximum Gasteiger partial charge on any atom is 0.125 e. The molecule has 94 valence electrons. The second kappa shape index (κ2) is 4.51. The molecule has 17 heavy (non-hydrogen) atoms. The molecular weight excluding hydrogens is 234 g/mol. The van der Waals surface area contributed by atoms with E-state index in [0.717, 1.165) is 40.3 Å². The minimum atomic E-state index is 0.337. The van der Waals surface area contributed by atoms with Gasteiger partial charge in [0.05, 0.1) is 7.11 Å². The van der Waals surface area contributed by atoms with Crippen molar-refractivity contribution in [3.05, 3.63) is 27.3 Å². The van der Waals surface area contributed by atoms with E-state index in [4.69, 9.17) is 22.1 Å². The Kier molecular flexibility index (Phi) is 3.37. The quantitative estimate of drug-likeness (QED) is 0.876. The lowest BCUT2D eigenvalue weighted by atomic mass is 9.74. The molecule has 1 saturated carbocycles. The number of hydrogen-bond donors (Lipinski definition) is 1. The molecule has 0 amide bonds. The Balaban J connectivity index is 2.56. The molecule has 0 aromatic heterocycles. The summed E-state index contributed by atoms with van der Waals surface area (Å²) >= 11 is 6.39. The van der Waals surface area contributed by atoms with E-state index >= 15 is 0 Å². The van der Waals surface area contributed by atoms with Crippen molar-refractivity contribution in [2.45, 2.75) is 45.6 Å². The van der Waals surface area contributed by atoms with Crippen molar-refractivity contribution in [1.82, 2.24) is 0 Å². The van der Waals surface area contributed by atoms with Crippen LogP contribution in [-0.2, 0) is 0 Å². The Bertz CT molecular complexity index is 450. The number of nitrogens with two attached hydrogens (primary N) is 1. The maximum absolute atomic E-state index is 6.39. The highest BCUT2D eigenvalue weighted by Gasteiger charge is 2.32. The van der Waals surface area contributed by atoms with Crippen LogP contribution in [0.4, 0.5) is 0 Å². The van der Waals surface area contributed by atoms with Crippen LogP contribution in [0.1, 0.15) is 41.0 Å². The number of rotatable bonds is 2. The molecule has 0 radical (unpaired) electrons. The molecule has 0 aliphatic heterocycles. The van der Waals surface area contributed by atoms with Gasteiger partial charge in [0.1, 0.15) is 5.75 Å². The molecule has 2 nitrogen and oxygen atoms in total. The van der Waals surface area contributed by atoms with E-state index in [0.29, 0.717) is 12.0 Å². The first-order chi connectivity index (χ1) is 7.97. The van der Waals surface area contributed by atoms with Crippen LogP contribution >= 0.6 is 11.6 Å². The number of ether oxygens (including phenoxy) is 1. The monoisotopic (exact) mass is 253 g/mol. The summed E-state index contributed by atoms with van der Waals surface area (Å²) in [7, 11) is 1.73. The molecule has 1 fully saturated rings. The Morgan fingerprint density at radius 2 is 1.71 bits per heavy atom. The van der Waals surface area contributed by atoms with Crippen LogP contribution in [0.15, 0.2) is 0 Å². The average Bonchev–Trinajstić information content (AvgIpc) is 2.27. The molecule has 1 aliphatic carbocycles.